The second kappa shape index (κ2) is 3.53. The highest BCUT2D eigenvalue weighted by Crippen LogP contribution is 2.51. The minimum absolute atomic E-state index is 0.263. The molecule has 1 aromatic heterocycles. The fourth-order valence-electron chi connectivity index (χ4n) is 2.37. The van der Waals surface area contributed by atoms with Crippen LogP contribution in [0.2, 0.25) is 0 Å². The molecule has 0 bridgehead atoms. The van der Waals surface area contributed by atoms with Gasteiger partial charge in [-0.15, -0.1) is 17.5 Å². The first-order valence-electron chi connectivity index (χ1n) is 5.89. The summed E-state index contributed by atoms with van der Waals surface area (Å²) in [6, 6.07) is 16.0. The van der Waals surface area contributed by atoms with Crippen LogP contribution >= 0.6 is 0 Å². The molecule has 4 rings (SSSR count). The molecule has 0 aliphatic carbocycles. The summed E-state index contributed by atoms with van der Waals surface area (Å²) < 4.78 is 5.40. The third-order valence-corrected chi connectivity index (χ3v) is 3.18. The summed E-state index contributed by atoms with van der Waals surface area (Å²) in [5.41, 5.74) is 1.97. The lowest BCUT2D eigenvalue weighted by Gasteiger charge is -2.50. The van der Waals surface area contributed by atoms with Gasteiger partial charge in [0, 0.05) is 0 Å². The Kier molecular flexibility index (Phi) is 1.88. The molecule has 0 unspecified atom stereocenters. The Balaban J connectivity index is 1.89. The number of rotatable bonds is 1. The lowest BCUT2D eigenvalue weighted by atomic mass is 10.0. The minimum atomic E-state index is -0.263. The zero-order chi connectivity index (χ0) is 11.9. The van der Waals surface area contributed by atoms with Gasteiger partial charge in [-0.1, -0.05) is 36.4 Å². The van der Waals surface area contributed by atoms with Crippen molar-refractivity contribution in [2.75, 3.05) is 0 Å². The Morgan fingerprint density at radius 3 is 2.17 bits per heavy atom. The molecule has 1 aliphatic rings. The Morgan fingerprint density at radius 1 is 0.833 bits per heavy atom. The van der Waals surface area contributed by atoms with Crippen molar-refractivity contribution in [3.05, 3.63) is 71.2 Å². The molecule has 0 saturated heterocycles. The van der Waals surface area contributed by atoms with Crippen molar-refractivity contribution in [3.63, 3.8) is 0 Å². The molecular formula is C15H10N2O-2. The molecule has 88 valence electrons. The van der Waals surface area contributed by atoms with Gasteiger partial charge in [0.1, 0.15) is 0 Å². The molecule has 0 fully saturated rings. The smallest absolute Gasteiger partial charge is 0.0905 e. The van der Waals surface area contributed by atoms with Gasteiger partial charge >= 0.3 is 0 Å². The quantitative estimate of drug-likeness (QED) is 0.573. The zero-order valence-corrected chi connectivity index (χ0v) is 9.58. The Labute approximate surface area is 104 Å². The van der Waals surface area contributed by atoms with E-state index in [1.807, 2.05) is 36.4 Å². The lowest BCUT2D eigenvalue weighted by molar-refractivity contribution is 0.504. The van der Waals surface area contributed by atoms with Crippen LogP contribution in [0.3, 0.4) is 0 Å². The molecular weight excluding hydrogens is 224 g/mol. The van der Waals surface area contributed by atoms with Crippen molar-refractivity contribution in [2.45, 2.75) is 6.17 Å². The third kappa shape index (κ3) is 1.31. The van der Waals surface area contributed by atoms with Gasteiger partial charge in [-0.3, -0.25) is 0 Å². The summed E-state index contributed by atoms with van der Waals surface area (Å²) >= 11 is 0. The van der Waals surface area contributed by atoms with Gasteiger partial charge < -0.3 is 15.1 Å². The normalized spacial score (nSPS) is 14.2. The van der Waals surface area contributed by atoms with Gasteiger partial charge in [0.15, 0.2) is 0 Å². The number of furan rings is 1. The first-order chi connectivity index (χ1) is 8.92. The summed E-state index contributed by atoms with van der Waals surface area (Å²) in [4.78, 5) is 0. The second-order valence-corrected chi connectivity index (χ2v) is 4.30. The fraction of sp³-hybridized carbons (Fsp3) is 0.0667. The third-order valence-electron chi connectivity index (χ3n) is 3.18. The monoisotopic (exact) mass is 234 g/mol. The predicted molar refractivity (Wildman–Crippen MR) is 71.4 cm³/mol. The van der Waals surface area contributed by atoms with E-state index in [0.29, 0.717) is 0 Å². The lowest BCUT2D eigenvalue weighted by Crippen LogP contribution is -1.97. The van der Waals surface area contributed by atoms with Crippen LogP contribution in [0.5, 0.6) is 0 Å². The maximum atomic E-state index is 5.40. The van der Waals surface area contributed by atoms with Gasteiger partial charge in [-0.2, -0.15) is 0 Å². The molecule has 0 amide bonds. The highest BCUT2D eigenvalue weighted by atomic mass is 16.3. The largest absolute Gasteiger partial charge is 0.690 e. The van der Waals surface area contributed by atoms with E-state index >= 15 is 0 Å². The Hall–Kier alpha value is -2.42. The van der Waals surface area contributed by atoms with Crippen molar-refractivity contribution in [1.29, 1.82) is 0 Å². The van der Waals surface area contributed by atoms with Crippen molar-refractivity contribution < 1.29 is 4.42 Å². The average molecular weight is 234 g/mol. The Morgan fingerprint density at radius 2 is 1.56 bits per heavy atom. The zero-order valence-electron chi connectivity index (χ0n) is 9.58. The molecule has 3 heteroatoms. The molecule has 0 spiro atoms. The van der Waals surface area contributed by atoms with Crippen LogP contribution in [0.4, 0.5) is 11.4 Å². The van der Waals surface area contributed by atoms with E-state index in [1.165, 1.54) is 5.39 Å². The molecule has 3 nitrogen and oxygen atoms in total. The standard InChI is InChI=1S/C15H10N2O/c1-4-10-5-2-7-12-14(10)11(6-1)16-15(17-12)13-8-3-9-18-13/h1-9,15H/q-2. The number of hydrogen-bond acceptors (Lipinski definition) is 1. The maximum absolute atomic E-state index is 5.40. The van der Waals surface area contributed by atoms with Crippen molar-refractivity contribution in [3.8, 4) is 0 Å². The van der Waals surface area contributed by atoms with Gasteiger partial charge in [0.2, 0.25) is 0 Å². The molecule has 0 N–H and O–H groups in total. The molecule has 18 heavy (non-hydrogen) atoms. The number of benzene rings is 2. The van der Waals surface area contributed by atoms with Crippen molar-refractivity contribution in [2.24, 2.45) is 0 Å². The molecule has 2 aromatic carbocycles. The highest BCUT2D eigenvalue weighted by Gasteiger charge is 2.05. The van der Waals surface area contributed by atoms with E-state index in [-0.39, 0.29) is 6.17 Å². The summed E-state index contributed by atoms with van der Waals surface area (Å²) in [5.74, 6) is 0.779. The van der Waals surface area contributed by atoms with Gasteiger partial charge in [0.25, 0.3) is 0 Å². The fourth-order valence-corrected chi connectivity index (χ4v) is 2.37. The van der Waals surface area contributed by atoms with Crippen LogP contribution in [0.1, 0.15) is 11.9 Å². The van der Waals surface area contributed by atoms with Crippen molar-refractivity contribution >= 4 is 22.1 Å². The summed E-state index contributed by atoms with van der Waals surface area (Å²) in [6.07, 6.45) is 1.39. The molecule has 1 aliphatic heterocycles. The molecule has 0 radical (unpaired) electrons. The maximum Gasteiger partial charge on any atom is 0.0905 e. The Bertz CT molecular complexity index is 663. The highest BCUT2D eigenvalue weighted by molar-refractivity contribution is 6.06. The van der Waals surface area contributed by atoms with E-state index in [4.69, 9.17) is 4.42 Å². The number of nitrogens with zero attached hydrogens (tertiary/aromatic N) is 2. The summed E-state index contributed by atoms with van der Waals surface area (Å²) in [5, 5.41) is 11.6. The van der Waals surface area contributed by atoms with Crippen LogP contribution in [0.25, 0.3) is 21.4 Å². The van der Waals surface area contributed by atoms with Crippen molar-refractivity contribution in [1.82, 2.24) is 0 Å². The van der Waals surface area contributed by atoms with Crippen LogP contribution in [0, 0.1) is 0 Å². The second-order valence-electron chi connectivity index (χ2n) is 4.30. The van der Waals surface area contributed by atoms with E-state index in [0.717, 1.165) is 22.5 Å². The van der Waals surface area contributed by atoms with E-state index in [2.05, 4.69) is 22.8 Å². The van der Waals surface area contributed by atoms with E-state index < -0.39 is 0 Å². The van der Waals surface area contributed by atoms with Gasteiger partial charge in [0.05, 0.1) is 12.0 Å². The molecule has 0 atom stereocenters. The van der Waals surface area contributed by atoms with E-state index in [1.54, 1.807) is 6.26 Å². The minimum Gasteiger partial charge on any atom is -0.690 e. The topological polar surface area (TPSA) is 41.3 Å². The van der Waals surface area contributed by atoms with Crippen LogP contribution in [-0.4, -0.2) is 0 Å². The van der Waals surface area contributed by atoms with Crippen LogP contribution in [-0.2, 0) is 0 Å². The summed E-state index contributed by atoms with van der Waals surface area (Å²) in [7, 11) is 0. The molecule has 0 saturated carbocycles. The average Bonchev–Trinajstić information content (AvgIpc) is 2.93. The van der Waals surface area contributed by atoms with Gasteiger partial charge in [-0.05, 0) is 22.9 Å². The molecule has 2 heterocycles. The van der Waals surface area contributed by atoms with E-state index in [9.17, 15) is 0 Å². The first kappa shape index (κ1) is 9.59. The predicted octanol–water partition coefficient (Wildman–Crippen LogP) is 5.16. The van der Waals surface area contributed by atoms with Gasteiger partial charge in [-0.25, -0.2) is 0 Å². The summed E-state index contributed by atoms with van der Waals surface area (Å²) in [6.45, 7) is 0. The first-order valence-corrected chi connectivity index (χ1v) is 5.89. The SMILES string of the molecule is c1coc(C2[N-]c3cccc4cccc(c34)[N-]2)c1. The van der Waals surface area contributed by atoms with Crippen LogP contribution < -0.4 is 0 Å². The molecule has 3 aromatic rings. The number of hydrogen-bond donors (Lipinski definition) is 0. The van der Waals surface area contributed by atoms with Crippen LogP contribution in [0.15, 0.2) is 59.2 Å².